The molecule has 3 nitrogen and oxygen atoms in total. The molecule has 0 bridgehead atoms. The van der Waals surface area contributed by atoms with Crippen molar-refractivity contribution in [3.8, 4) is 0 Å². The fourth-order valence-corrected chi connectivity index (χ4v) is 2.13. The van der Waals surface area contributed by atoms with Crippen molar-refractivity contribution in [1.29, 1.82) is 0 Å². The summed E-state index contributed by atoms with van der Waals surface area (Å²) in [6.45, 7) is 4.91. The van der Waals surface area contributed by atoms with Gasteiger partial charge in [-0.1, -0.05) is 67.2 Å². The average Bonchev–Trinajstić information content (AvgIpc) is 2.54. The summed E-state index contributed by atoms with van der Waals surface area (Å²) in [5, 5.41) is 3.63. The van der Waals surface area contributed by atoms with Crippen LogP contribution in [-0.4, -0.2) is 23.0 Å². The average molecular weight is 280 g/mol. The Balaban J connectivity index is 2.17. The number of hydrazine groups is 1. The summed E-state index contributed by atoms with van der Waals surface area (Å²) in [6.07, 6.45) is 1.34. The summed E-state index contributed by atoms with van der Waals surface area (Å²) in [7, 11) is 1.77. The number of hydrogen-bond donors (Lipinski definition) is 0. The van der Waals surface area contributed by atoms with Gasteiger partial charge in [0.05, 0.1) is 0 Å². The highest BCUT2D eigenvalue weighted by molar-refractivity contribution is 5.86. The van der Waals surface area contributed by atoms with Crippen molar-refractivity contribution in [3.63, 3.8) is 0 Å². The molecule has 0 fully saturated rings. The van der Waals surface area contributed by atoms with Gasteiger partial charge in [-0.3, -0.25) is 9.80 Å². The van der Waals surface area contributed by atoms with Crippen LogP contribution in [0.1, 0.15) is 11.1 Å². The summed E-state index contributed by atoms with van der Waals surface area (Å²) in [5.41, 5.74) is 2.33. The van der Waals surface area contributed by atoms with Gasteiger partial charge < -0.3 is 0 Å². The predicted octanol–water partition coefficient (Wildman–Crippen LogP) is 3.25. The zero-order valence-electron chi connectivity index (χ0n) is 12.3. The number of carbonyl (C=O) groups excluding carboxylic acids is 1. The first-order valence-corrected chi connectivity index (χ1v) is 6.93. The monoisotopic (exact) mass is 280 g/mol. The van der Waals surface area contributed by atoms with E-state index in [0.717, 1.165) is 11.1 Å². The van der Waals surface area contributed by atoms with E-state index < -0.39 is 0 Å². The number of rotatable bonds is 6. The topological polar surface area (TPSA) is 23.6 Å². The molecule has 0 N–H and O–H groups in total. The number of carbonyl (C=O) groups is 1. The Morgan fingerprint density at radius 3 is 1.76 bits per heavy atom. The molecular formula is C18H20N2O. The summed E-state index contributed by atoms with van der Waals surface area (Å²) >= 11 is 0. The zero-order chi connectivity index (χ0) is 15.1. The van der Waals surface area contributed by atoms with Gasteiger partial charge in [0.2, 0.25) is 0 Å². The van der Waals surface area contributed by atoms with Crippen molar-refractivity contribution in [2.45, 2.75) is 13.1 Å². The smallest absolute Gasteiger partial charge is 0.260 e. The highest BCUT2D eigenvalue weighted by Crippen LogP contribution is 2.12. The second-order valence-corrected chi connectivity index (χ2v) is 4.86. The van der Waals surface area contributed by atoms with Crippen LogP contribution >= 0.6 is 0 Å². The van der Waals surface area contributed by atoms with E-state index in [-0.39, 0.29) is 5.91 Å². The Kier molecular flexibility index (Phi) is 5.29. The molecule has 0 unspecified atom stereocenters. The van der Waals surface area contributed by atoms with E-state index in [1.165, 1.54) is 6.08 Å². The van der Waals surface area contributed by atoms with E-state index >= 15 is 0 Å². The van der Waals surface area contributed by atoms with E-state index in [2.05, 4.69) is 30.8 Å². The van der Waals surface area contributed by atoms with Crippen LogP contribution in [0.15, 0.2) is 73.3 Å². The van der Waals surface area contributed by atoms with Crippen LogP contribution in [0.4, 0.5) is 0 Å². The molecular weight excluding hydrogens is 260 g/mol. The van der Waals surface area contributed by atoms with Crippen LogP contribution in [0.5, 0.6) is 0 Å². The van der Waals surface area contributed by atoms with Crippen LogP contribution in [-0.2, 0) is 17.9 Å². The van der Waals surface area contributed by atoms with E-state index in [1.807, 2.05) is 41.4 Å². The highest BCUT2D eigenvalue weighted by Gasteiger charge is 2.15. The van der Waals surface area contributed by atoms with Gasteiger partial charge in [-0.05, 0) is 17.2 Å². The lowest BCUT2D eigenvalue weighted by Crippen LogP contribution is -2.42. The first kappa shape index (κ1) is 15.0. The van der Waals surface area contributed by atoms with Crippen molar-refractivity contribution in [1.82, 2.24) is 10.0 Å². The molecule has 108 valence electrons. The molecule has 0 atom stereocenters. The maximum atomic E-state index is 11.9. The fraction of sp³-hybridized carbons (Fsp3) is 0.167. The Morgan fingerprint density at radius 1 is 0.952 bits per heavy atom. The molecule has 1 amide bonds. The van der Waals surface area contributed by atoms with Crippen molar-refractivity contribution < 1.29 is 4.79 Å². The molecule has 0 aliphatic carbocycles. The minimum Gasteiger partial charge on any atom is -0.274 e. The Labute approximate surface area is 126 Å². The van der Waals surface area contributed by atoms with Gasteiger partial charge in [0.1, 0.15) is 0 Å². The maximum Gasteiger partial charge on any atom is 0.260 e. The molecule has 2 aromatic carbocycles. The van der Waals surface area contributed by atoms with Crippen molar-refractivity contribution in [2.75, 3.05) is 7.05 Å². The lowest BCUT2D eigenvalue weighted by molar-refractivity contribution is -0.142. The molecule has 21 heavy (non-hydrogen) atoms. The Hall–Kier alpha value is -2.39. The van der Waals surface area contributed by atoms with Gasteiger partial charge >= 0.3 is 0 Å². The third kappa shape index (κ3) is 4.29. The highest BCUT2D eigenvalue weighted by atomic mass is 16.2. The van der Waals surface area contributed by atoms with Crippen molar-refractivity contribution in [3.05, 3.63) is 84.4 Å². The predicted molar refractivity (Wildman–Crippen MR) is 85.1 cm³/mol. The zero-order valence-corrected chi connectivity index (χ0v) is 12.3. The summed E-state index contributed by atoms with van der Waals surface area (Å²) in [6, 6.07) is 20.2. The fourth-order valence-electron chi connectivity index (χ4n) is 2.13. The van der Waals surface area contributed by atoms with Gasteiger partial charge in [0.15, 0.2) is 0 Å². The lowest BCUT2D eigenvalue weighted by Gasteiger charge is -2.31. The van der Waals surface area contributed by atoms with Gasteiger partial charge in [0, 0.05) is 20.1 Å². The summed E-state index contributed by atoms with van der Waals surface area (Å²) < 4.78 is 0. The van der Waals surface area contributed by atoms with Gasteiger partial charge in [0.25, 0.3) is 5.91 Å². The minimum absolute atomic E-state index is 0.109. The molecule has 0 aliphatic rings. The van der Waals surface area contributed by atoms with Crippen molar-refractivity contribution in [2.24, 2.45) is 0 Å². The van der Waals surface area contributed by atoms with E-state index in [4.69, 9.17) is 0 Å². The molecule has 0 aliphatic heterocycles. The molecule has 0 spiro atoms. The molecule has 0 aromatic heterocycles. The lowest BCUT2D eigenvalue weighted by atomic mass is 10.2. The maximum absolute atomic E-state index is 11.9. The van der Waals surface area contributed by atoms with Crippen molar-refractivity contribution >= 4 is 5.91 Å². The van der Waals surface area contributed by atoms with Crippen LogP contribution in [0, 0.1) is 0 Å². The minimum atomic E-state index is -0.109. The SMILES string of the molecule is C=CC(=O)N(C)N(Cc1ccccc1)Cc1ccccc1. The third-order valence-corrected chi connectivity index (χ3v) is 3.33. The van der Waals surface area contributed by atoms with E-state index in [0.29, 0.717) is 13.1 Å². The second kappa shape index (κ2) is 7.41. The quantitative estimate of drug-likeness (QED) is 0.599. The number of hydrogen-bond acceptors (Lipinski definition) is 2. The standard InChI is InChI=1S/C18H20N2O/c1-3-18(21)19(2)20(14-16-10-6-4-7-11-16)15-17-12-8-5-9-13-17/h3-13H,1,14-15H2,2H3. The second-order valence-electron chi connectivity index (χ2n) is 4.86. The molecule has 2 rings (SSSR count). The number of nitrogens with zero attached hydrogens (tertiary/aromatic N) is 2. The van der Waals surface area contributed by atoms with E-state index in [9.17, 15) is 4.79 Å². The molecule has 3 heteroatoms. The van der Waals surface area contributed by atoms with E-state index in [1.54, 1.807) is 12.1 Å². The van der Waals surface area contributed by atoms with Crippen LogP contribution in [0.2, 0.25) is 0 Å². The molecule has 0 saturated heterocycles. The van der Waals surface area contributed by atoms with Crippen LogP contribution in [0.25, 0.3) is 0 Å². The normalized spacial score (nSPS) is 10.4. The largest absolute Gasteiger partial charge is 0.274 e. The van der Waals surface area contributed by atoms with Gasteiger partial charge in [-0.15, -0.1) is 0 Å². The summed E-state index contributed by atoms with van der Waals surface area (Å²) in [5.74, 6) is -0.109. The molecule has 0 radical (unpaired) electrons. The first-order valence-electron chi connectivity index (χ1n) is 6.93. The Bertz CT molecular complexity index is 539. The third-order valence-electron chi connectivity index (χ3n) is 3.33. The molecule has 0 saturated carbocycles. The molecule has 0 heterocycles. The molecule has 2 aromatic rings. The van der Waals surface area contributed by atoms with Crippen LogP contribution < -0.4 is 0 Å². The van der Waals surface area contributed by atoms with Gasteiger partial charge in [-0.25, -0.2) is 5.01 Å². The number of likely N-dealkylation sites (N-methyl/N-ethyl adjacent to an activating group) is 1. The van der Waals surface area contributed by atoms with Crippen LogP contribution in [0.3, 0.4) is 0 Å². The first-order chi connectivity index (χ1) is 10.2. The Morgan fingerprint density at radius 2 is 1.38 bits per heavy atom. The number of benzene rings is 2. The van der Waals surface area contributed by atoms with Gasteiger partial charge in [-0.2, -0.15) is 0 Å². The number of amides is 1. The summed E-state index contributed by atoms with van der Waals surface area (Å²) in [4.78, 5) is 11.9.